The van der Waals surface area contributed by atoms with Crippen LogP contribution in [-0.2, 0) is 4.57 Å². The van der Waals surface area contributed by atoms with E-state index in [0.29, 0.717) is 6.42 Å². The maximum atomic E-state index is 10.8. The number of rotatable bonds is 1. The lowest BCUT2D eigenvalue weighted by molar-refractivity contribution is 0.0381. The summed E-state index contributed by atoms with van der Waals surface area (Å²) in [6.07, 6.45) is -1.09. The second kappa shape index (κ2) is 3.44. The topological polar surface area (TPSA) is 98.0 Å². The first-order valence-electron chi connectivity index (χ1n) is 3.82. The lowest BCUT2D eigenvalue weighted by Crippen LogP contribution is -2.35. The van der Waals surface area contributed by atoms with Gasteiger partial charge in [-0.05, 0) is 12.8 Å². The van der Waals surface area contributed by atoms with Crippen molar-refractivity contribution in [3.8, 4) is 0 Å². The highest BCUT2D eigenvalue weighted by atomic mass is 31.2. The van der Waals surface area contributed by atoms with Gasteiger partial charge in [0.05, 0.1) is 17.9 Å². The van der Waals surface area contributed by atoms with Gasteiger partial charge in [-0.1, -0.05) is 0 Å². The summed E-state index contributed by atoms with van der Waals surface area (Å²) in [7, 11) is -4.18. The first-order valence-corrected chi connectivity index (χ1v) is 5.51. The summed E-state index contributed by atoms with van der Waals surface area (Å²) in [5, 5.41) is 18.3. The highest BCUT2D eigenvalue weighted by molar-refractivity contribution is 7.52. The van der Waals surface area contributed by atoms with Crippen molar-refractivity contribution in [2.45, 2.75) is 37.1 Å². The van der Waals surface area contributed by atoms with Gasteiger partial charge in [-0.2, -0.15) is 0 Å². The van der Waals surface area contributed by atoms with Gasteiger partial charge in [-0.3, -0.25) is 4.57 Å². The van der Waals surface area contributed by atoms with Crippen molar-refractivity contribution in [3.05, 3.63) is 0 Å². The molecular weight excluding hydrogens is 183 g/mol. The van der Waals surface area contributed by atoms with Gasteiger partial charge in [0.1, 0.15) is 0 Å². The Hall–Kier alpha value is 0.0700. The van der Waals surface area contributed by atoms with Crippen molar-refractivity contribution in [2.75, 3.05) is 0 Å². The van der Waals surface area contributed by atoms with E-state index in [4.69, 9.17) is 14.9 Å². The van der Waals surface area contributed by atoms with Crippen LogP contribution in [-0.4, -0.2) is 37.9 Å². The van der Waals surface area contributed by atoms with Gasteiger partial charge < -0.3 is 20.0 Å². The molecule has 1 fully saturated rings. The third kappa shape index (κ3) is 2.28. The zero-order chi connectivity index (χ0) is 9.35. The molecule has 4 N–H and O–H groups in total. The molecule has 0 aromatic rings. The fraction of sp³-hybridized carbons (Fsp3) is 1.00. The molecule has 0 aromatic carbocycles. The molecule has 12 heavy (non-hydrogen) atoms. The molecular formula is C6H13O5P. The second-order valence-corrected chi connectivity index (χ2v) is 5.03. The van der Waals surface area contributed by atoms with E-state index >= 15 is 0 Å². The van der Waals surface area contributed by atoms with E-state index in [1.165, 1.54) is 0 Å². The van der Waals surface area contributed by atoms with Gasteiger partial charge in [0.2, 0.25) is 0 Å². The molecule has 3 atom stereocenters. The lowest BCUT2D eigenvalue weighted by atomic mass is 9.95. The zero-order valence-corrected chi connectivity index (χ0v) is 7.39. The molecule has 6 heteroatoms. The van der Waals surface area contributed by atoms with Gasteiger partial charge >= 0.3 is 7.60 Å². The fourth-order valence-corrected chi connectivity index (χ4v) is 2.56. The Morgan fingerprint density at radius 3 is 2.17 bits per heavy atom. The Morgan fingerprint density at radius 2 is 1.75 bits per heavy atom. The predicted molar refractivity (Wildman–Crippen MR) is 41.7 cm³/mol. The molecule has 0 bridgehead atoms. The maximum Gasteiger partial charge on any atom is 0.331 e. The smallest absolute Gasteiger partial charge is 0.331 e. The molecule has 1 aliphatic carbocycles. The minimum atomic E-state index is -4.18. The Bertz CT molecular complexity index is 200. The second-order valence-electron chi connectivity index (χ2n) is 3.19. The molecule has 72 valence electrons. The van der Waals surface area contributed by atoms with Crippen molar-refractivity contribution < 1.29 is 24.6 Å². The van der Waals surface area contributed by atoms with Crippen LogP contribution in [0.5, 0.6) is 0 Å². The van der Waals surface area contributed by atoms with Crippen LogP contribution in [0.4, 0.5) is 0 Å². The molecule has 0 amide bonds. The molecule has 0 aliphatic heterocycles. The third-order valence-corrected chi connectivity index (χ3v) is 3.65. The predicted octanol–water partition coefficient (Wildman–Crippen LogP) is -0.562. The van der Waals surface area contributed by atoms with Crippen LogP contribution in [0.3, 0.4) is 0 Å². The van der Waals surface area contributed by atoms with Crippen molar-refractivity contribution in [2.24, 2.45) is 0 Å². The van der Waals surface area contributed by atoms with Gasteiger partial charge in [0, 0.05) is 6.42 Å². The molecule has 0 radical (unpaired) electrons. The van der Waals surface area contributed by atoms with E-state index in [1.807, 2.05) is 0 Å². The van der Waals surface area contributed by atoms with Gasteiger partial charge in [0.25, 0.3) is 0 Å². The zero-order valence-electron chi connectivity index (χ0n) is 6.50. The average molecular weight is 196 g/mol. The molecule has 0 heterocycles. The van der Waals surface area contributed by atoms with E-state index in [1.54, 1.807) is 0 Å². The van der Waals surface area contributed by atoms with E-state index in [2.05, 4.69) is 0 Å². The third-order valence-electron chi connectivity index (χ3n) is 2.19. The quantitative estimate of drug-likeness (QED) is 0.421. The van der Waals surface area contributed by atoms with E-state index in [0.717, 1.165) is 0 Å². The fourth-order valence-electron chi connectivity index (χ4n) is 1.50. The SMILES string of the molecule is O=P(O)(O)C1CCC(O)CC1O. The largest absolute Gasteiger partial charge is 0.393 e. The molecule has 3 unspecified atom stereocenters. The van der Waals surface area contributed by atoms with Crippen LogP contribution in [0.2, 0.25) is 0 Å². The minimum Gasteiger partial charge on any atom is -0.393 e. The lowest BCUT2D eigenvalue weighted by Gasteiger charge is -2.30. The highest BCUT2D eigenvalue weighted by Gasteiger charge is 2.39. The highest BCUT2D eigenvalue weighted by Crippen LogP contribution is 2.47. The number of aliphatic hydroxyl groups is 2. The van der Waals surface area contributed by atoms with E-state index in [-0.39, 0.29) is 12.8 Å². The summed E-state index contributed by atoms with van der Waals surface area (Å²) in [4.78, 5) is 17.5. The van der Waals surface area contributed by atoms with Crippen molar-refractivity contribution in [1.82, 2.24) is 0 Å². The summed E-state index contributed by atoms with van der Waals surface area (Å²) in [6.45, 7) is 0. The minimum absolute atomic E-state index is 0.0653. The Kier molecular flexibility index (Phi) is 2.91. The van der Waals surface area contributed by atoms with Gasteiger partial charge in [0.15, 0.2) is 0 Å². The van der Waals surface area contributed by atoms with E-state index < -0.39 is 25.5 Å². The number of aliphatic hydroxyl groups excluding tert-OH is 2. The molecule has 5 nitrogen and oxygen atoms in total. The van der Waals surface area contributed by atoms with Crippen molar-refractivity contribution >= 4 is 7.60 Å². The molecule has 1 saturated carbocycles. The van der Waals surface area contributed by atoms with Crippen LogP contribution in [0.1, 0.15) is 19.3 Å². The first kappa shape index (κ1) is 10.2. The molecule has 0 aromatic heterocycles. The normalized spacial score (nSPS) is 38.2. The van der Waals surface area contributed by atoms with Gasteiger partial charge in [-0.25, -0.2) is 0 Å². The summed E-state index contributed by atoms with van der Waals surface area (Å²) >= 11 is 0. The molecule has 0 spiro atoms. The Balaban J connectivity index is 2.63. The Morgan fingerprint density at radius 1 is 1.17 bits per heavy atom. The monoisotopic (exact) mass is 196 g/mol. The van der Waals surface area contributed by atoms with Gasteiger partial charge in [-0.15, -0.1) is 0 Å². The van der Waals surface area contributed by atoms with Crippen LogP contribution in [0.15, 0.2) is 0 Å². The molecule has 0 saturated heterocycles. The first-order chi connectivity index (χ1) is 5.41. The van der Waals surface area contributed by atoms with Crippen molar-refractivity contribution in [3.63, 3.8) is 0 Å². The maximum absolute atomic E-state index is 10.8. The van der Waals surface area contributed by atoms with Crippen LogP contribution in [0, 0.1) is 0 Å². The molecule has 1 rings (SSSR count). The van der Waals surface area contributed by atoms with Crippen LogP contribution < -0.4 is 0 Å². The Labute approximate surface area is 70.2 Å². The average Bonchev–Trinajstić information content (AvgIpc) is 1.83. The molecule has 1 aliphatic rings. The number of hydrogen-bond acceptors (Lipinski definition) is 3. The van der Waals surface area contributed by atoms with E-state index in [9.17, 15) is 9.67 Å². The standard InChI is InChI=1S/C6H13O5P/c7-4-1-2-6(5(8)3-4)12(9,10)11/h4-8H,1-3H2,(H2,9,10,11). The summed E-state index contributed by atoms with van der Waals surface area (Å²) in [6, 6.07) is 0. The van der Waals surface area contributed by atoms with Crippen molar-refractivity contribution in [1.29, 1.82) is 0 Å². The summed E-state index contributed by atoms with van der Waals surface area (Å²) in [5.74, 6) is 0. The number of hydrogen-bond donors (Lipinski definition) is 4. The van der Waals surface area contributed by atoms with Crippen LogP contribution >= 0.6 is 7.60 Å². The summed E-state index contributed by atoms with van der Waals surface area (Å²) < 4.78 is 10.8. The summed E-state index contributed by atoms with van der Waals surface area (Å²) in [5.41, 5.74) is -0.985. The van der Waals surface area contributed by atoms with Crippen LogP contribution in [0.25, 0.3) is 0 Å².